The van der Waals surface area contributed by atoms with Gasteiger partial charge in [-0.15, -0.1) is 0 Å². The highest BCUT2D eigenvalue weighted by Gasteiger charge is 2.02. The van der Waals surface area contributed by atoms with Gasteiger partial charge in [-0.1, -0.05) is 12.1 Å². The SMILES string of the molecule is Cc1ccc(-c2cnc(CN)[nH]2)cc1C. The number of rotatable bonds is 2. The van der Waals surface area contributed by atoms with Crippen LogP contribution in [0.2, 0.25) is 0 Å². The van der Waals surface area contributed by atoms with Gasteiger partial charge in [0.1, 0.15) is 5.82 Å². The molecule has 0 fully saturated rings. The van der Waals surface area contributed by atoms with E-state index >= 15 is 0 Å². The molecule has 0 atom stereocenters. The molecule has 78 valence electrons. The fourth-order valence-corrected chi connectivity index (χ4v) is 1.52. The number of H-pyrrole nitrogens is 1. The number of aromatic amines is 1. The number of nitrogens with zero attached hydrogens (tertiary/aromatic N) is 1. The number of imidazole rings is 1. The summed E-state index contributed by atoms with van der Waals surface area (Å²) in [5.74, 6) is 0.822. The molecule has 1 aromatic carbocycles. The summed E-state index contributed by atoms with van der Waals surface area (Å²) in [6, 6.07) is 6.37. The fourth-order valence-electron chi connectivity index (χ4n) is 1.52. The van der Waals surface area contributed by atoms with Crippen LogP contribution in [-0.4, -0.2) is 9.97 Å². The first-order valence-corrected chi connectivity index (χ1v) is 5.02. The van der Waals surface area contributed by atoms with Crippen molar-refractivity contribution < 1.29 is 0 Å². The highest BCUT2D eigenvalue weighted by molar-refractivity contribution is 5.60. The maximum Gasteiger partial charge on any atom is 0.120 e. The third-order valence-electron chi connectivity index (χ3n) is 2.64. The van der Waals surface area contributed by atoms with Crippen molar-refractivity contribution in [2.45, 2.75) is 20.4 Å². The third-order valence-corrected chi connectivity index (χ3v) is 2.64. The summed E-state index contributed by atoms with van der Waals surface area (Å²) in [5, 5.41) is 0. The molecule has 0 unspecified atom stereocenters. The van der Waals surface area contributed by atoms with Crippen LogP contribution in [0.15, 0.2) is 24.4 Å². The number of nitrogens with two attached hydrogens (primary N) is 1. The fraction of sp³-hybridized carbons (Fsp3) is 0.250. The molecule has 2 rings (SSSR count). The van der Waals surface area contributed by atoms with Gasteiger partial charge in [-0.2, -0.15) is 0 Å². The van der Waals surface area contributed by atoms with Crippen molar-refractivity contribution >= 4 is 0 Å². The highest BCUT2D eigenvalue weighted by atomic mass is 14.9. The van der Waals surface area contributed by atoms with Crippen LogP contribution in [0.25, 0.3) is 11.3 Å². The monoisotopic (exact) mass is 201 g/mol. The Morgan fingerprint density at radius 1 is 1.27 bits per heavy atom. The zero-order valence-electron chi connectivity index (χ0n) is 9.04. The Morgan fingerprint density at radius 3 is 2.67 bits per heavy atom. The lowest BCUT2D eigenvalue weighted by molar-refractivity contribution is 0.950. The van der Waals surface area contributed by atoms with Crippen molar-refractivity contribution in [1.82, 2.24) is 9.97 Å². The van der Waals surface area contributed by atoms with Crippen molar-refractivity contribution in [2.75, 3.05) is 0 Å². The van der Waals surface area contributed by atoms with E-state index in [-0.39, 0.29) is 0 Å². The predicted octanol–water partition coefficient (Wildman–Crippen LogP) is 2.15. The highest BCUT2D eigenvalue weighted by Crippen LogP contribution is 2.20. The van der Waals surface area contributed by atoms with Crippen LogP contribution in [0.3, 0.4) is 0 Å². The molecule has 0 bridgehead atoms. The molecule has 0 aliphatic rings. The van der Waals surface area contributed by atoms with E-state index in [1.165, 1.54) is 11.1 Å². The lowest BCUT2D eigenvalue weighted by atomic mass is 10.1. The number of hydrogen-bond acceptors (Lipinski definition) is 2. The summed E-state index contributed by atoms with van der Waals surface area (Å²) in [5.41, 5.74) is 10.3. The largest absolute Gasteiger partial charge is 0.341 e. The van der Waals surface area contributed by atoms with E-state index in [1.54, 1.807) is 0 Å². The molecule has 1 heterocycles. The van der Waals surface area contributed by atoms with Crippen molar-refractivity contribution in [3.05, 3.63) is 41.3 Å². The second-order valence-corrected chi connectivity index (χ2v) is 3.75. The van der Waals surface area contributed by atoms with E-state index in [1.807, 2.05) is 6.20 Å². The van der Waals surface area contributed by atoms with Gasteiger partial charge in [0.05, 0.1) is 18.4 Å². The minimum Gasteiger partial charge on any atom is -0.341 e. The molecule has 0 saturated heterocycles. The lowest BCUT2D eigenvalue weighted by Gasteiger charge is -2.02. The summed E-state index contributed by atoms with van der Waals surface area (Å²) in [7, 11) is 0. The van der Waals surface area contributed by atoms with E-state index in [4.69, 9.17) is 5.73 Å². The topological polar surface area (TPSA) is 54.7 Å². The van der Waals surface area contributed by atoms with Gasteiger partial charge < -0.3 is 10.7 Å². The minimum absolute atomic E-state index is 0.449. The summed E-state index contributed by atoms with van der Waals surface area (Å²) in [6.45, 7) is 4.67. The molecule has 0 aliphatic heterocycles. The van der Waals surface area contributed by atoms with Gasteiger partial charge in [0.15, 0.2) is 0 Å². The van der Waals surface area contributed by atoms with Crippen molar-refractivity contribution in [1.29, 1.82) is 0 Å². The number of nitrogens with one attached hydrogen (secondary N) is 1. The van der Waals surface area contributed by atoms with E-state index < -0.39 is 0 Å². The predicted molar refractivity (Wildman–Crippen MR) is 61.4 cm³/mol. The van der Waals surface area contributed by atoms with Crippen molar-refractivity contribution in [2.24, 2.45) is 5.73 Å². The molecule has 3 N–H and O–H groups in total. The van der Waals surface area contributed by atoms with Gasteiger partial charge in [0.2, 0.25) is 0 Å². The molecule has 0 aliphatic carbocycles. The lowest BCUT2D eigenvalue weighted by Crippen LogP contribution is -1.97. The van der Waals surface area contributed by atoms with Crippen LogP contribution in [0.1, 0.15) is 17.0 Å². The Bertz CT molecular complexity index is 471. The zero-order valence-corrected chi connectivity index (χ0v) is 9.04. The summed E-state index contributed by atoms with van der Waals surface area (Å²) >= 11 is 0. The molecule has 3 nitrogen and oxygen atoms in total. The summed E-state index contributed by atoms with van der Waals surface area (Å²) < 4.78 is 0. The minimum atomic E-state index is 0.449. The zero-order chi connectivity index (χ0) is 10.8. The average molecular weight is 201 g/mol. The van der Waals surface area contributed by atoms with Gasteiger partial charge in [-0.05, 0) is 36.6 Å². The van der Waals surface area contributed by atoms with Crippen molar-refractivity contribution in [3.63, 3.8) is 0 Å². The first-order valence-electron chi connectivity index (χ1n) is 5.02. The van der Waals surface area contributed by atoms with Crippen LogP contribution in [0.5, 0.6) is 0 Å². The smallest absolute Gasteiger partial charge is 0.120 e. The molecule has 1 aromatic heterocycles. The molecule has 0 spiro atoms. The van der Waals surface area contributed by atoms with E-state index in [2.05, 4.69) is 42.0 Å². The molecule has 0 radical (unpaired) electrons. The van der Waals surface area contributed by atoms with Crippen molar-refractivity contribution in [3.8, 4) is 11.3 Å². The molecule has 0 saturated carbocycles. The quantitative estimate of drug-likeness (QED) is 0.782. The molecular formula is C12H15N3. The van der Waals surface area contributed by atoms with E-state index in [0.717, 1.165) is 17.1 Å². The summed E-state index contributed by atoms with van der Waals surface area (Å²) in [4.78, 5) is 7.37. The molecule has 0 amide bonds. The Kier molecular flexibility index (Phi) is 2.56. The second-order valence-electron chi connectivity index (χ2n) is 3.75. The molecule has 2 aromatic rings. The maximum atomic E-state index is 5.50. The normalized spacial score (nSPS) is 10.6. The van der Waals surface area contributed by atoms with Gasteiger partial charge in [0, 0.05) is 0 Å². The van der Waals surface area contributed by atoms with Crippen LogP contribution in [0, 0.1) is 13.8 Å². The van der Waals surface area contributed by atoms with Gasteiger partial charge in [0.25, 0.3) is 0 Å². The second kappa shape index (κ2) is 3.87. The maximum absolute atomic E-state index is 5.50. The Hall–Kier alpha value is -1.61. The first-order chi connectivity index (χ1) is 7.20. The number of aryl methyl sites for hydroxylation is 2. The average Bonchev–Trinajstić information content (AvgIpc) is 2.70. The van der Waals surface area contributed by atoms with Crippen LogP contribution in [-0.2, 0) is 6.54 Å². The number of hydrogen-bond donors (Lipinski definition) is 2. The number of aromatic nitrogens is 2. The summed E-state index contributed by atoms with van der Waals surface area (Å²) in [6.07, 6.45) is 1.83. The van der Waals surface area contributed by atoms with Gasteiger partial charge in [-0.25, -0.2) is 4.98 Å². The van der Waals surface area contributed by atoms with Gasteiger partial charge in [-0.3, -0.25) is 0 Å². The van der Waals surface area contributed by atoms with Gasteiger partial charge >= 0.3 is 0 Å². The molecule has 3 heteroatoms. The molecular weight excluding hydrogens is 186 g/mol. The Morgan fingerprint density at radius 2 is 2.07 bits per heavy atom. The van der Waals surface area contributed by atoms with Crippen LogP contribution >= 0.6 is 0 Å². The third kappa shape index (κ3) is 1.92. The van der Waals surface area contributed by atoms with Crippen LogP contribution < -0.4 is 5.73 Å². The van der Waals surface area contributed by atoms with E-state index in [0.29, 0.717) is 6.54 Å². The Labute approximate surface area is 89.4 Å². The Balaban J connectivity index is 2.40. The first kappa shape index (κ1) is 9.93. The van der Waals surface area contributed by atoms with E-state index in [9.17, 15) is 0 Å². The van der Waals surface area contributed by atoms with Crippen LogP contribution in [0.4, 0.5) is 0 Å². The standard InChI is InChI=1S/C12H15N3/c1-8-3-4-10(5-9(8)2)11-7-14-12(6-13)15-11/h3-5,7H,6,13H2,1-2H3,(H,14,15). The number of benzene rings is 1. The molecule has 15 heavy (non-hydrogen) atoms.